The lowest BCUT2D eigenvalue weighted by molar-refractivity contribution is -0.136. The summed E-state index contributed by atoms with van der Waals surface area (Å²) in [6, 6.07) is 0. The summed E-state index contributed by atoms with van der Waals surface area (Å²) in [4.78, 5) is 12.7. The average Bonchev–Trinajstić information content (AvgIpc) is 2.82. The van der Waals surface area contributed by atoms with E-state index in [4.69, 9.17) is 0 Å². The summed E-state index contributed by atoms with van der Waals surface area (Å²) in [7, 11) is 0. The molecule has 3 saturated carbocycles. The van der Waals surface area contributed by atoms with Crippen LogP contribution in [-0.4, -0.2) is 5.78 Å². The molecule has 4 aliphatic carbocycles. The molecular weight excluding hydrogens is 244 g/mol. The molecule has 0 bridgehead atoms. The fourth-order valence-electron chi connectivity index (χ4n) is 6.56. The third-order valence-corrected chi connectivity index (χ3v) is 7.72. The highest BCUT2D eigenvalue weighted by atomic mass is 16.1. The zero-order chi connectivity index (χ0) is 14.0. The van der Waals surface area contributed by atoms with Gasteiger partial charge in [0.2, 0.25) is 0 Å². The van der Waals surface area contributed by atoms with Crippen LogP contribution in [0.15, 0.2) is 11.6 Å². The molecule has 0 aromatic carbocycles. The smallest absolute Gasteiger partial charge is 0.143 e. The Morgan fingerprint density at radius 3 is 2.75 bits per heavy atom. The molecule has 4 rings (SSSR count). The van der Waals surface area contributed by atoms with Crippen molar-refractivity contribution >= 4 is 5.78 Å². The summed E-state index contributed by atoms with van der Waals surface area (Å²) in [6.45, 7) is 4.84. The van der Waals surface area contributed by atoms with Crippen LogP contribution in [0.2, 0.25) is 0 Å². The van der Waals surface area contributed by atoms with Crippen molar-refractivity contribution < 1.29 is 4.79 Å². The van der Waals surface area contributed by atoms with E-state index in [1.54, 1.807) is 0 Å². The third kappa shape index (κ3) is 1.53. The quantitative estimate of drug-likeness (QED) is 0.573. The minimum atomic E-state index is -0.0783. The van der Waals surface area contributed by atoms with Crippen molar-refractivity contribution in [2.24, 2.45) is 28.6 Å². The van der Waals surface area contributed by atoms with Crippen LogP contribution in [0.1, 0.15) is 71.6 Å². The van der Waals surface area contributed by atoms with Crippen LogP contribution in [0, 0.1) is 28.6 Å². The lowest BCUT2D eigenvalue weighted by Gasteiger charge is -2.56. The van der Waals surface area contributed by atoms with E-state index in [2.05, 4.69) is 19.9 Å². The topological polar surface area (TPSA) is 17.1 Å². The molecular formula is C19H28O. The van der Waals surface area contributed by atoms with Crippen molar-refractivity contribution in [3.05, 3.63) is 11.6 Å². The van der Waals surface area contributed by atoms with E-state index in [9.17, 15) is 4.79 Å². The first-order valence-corrected chi connectivity index (χ1v) is 8.78. The van der Waals surface area contributed by atoms with Gasteiger partial charge in [-0.3, -0.25) is 4.79 Å². The Kier molecular flexibility index (Phi) is 2.76. The van der Waals surface area contributed by atoms with E-state index in [-0.39, 0.29) is 5.41 Å². The fraction of sp³-hybridized carbons (Fsp3) is 0.842. The molecule has 0 aromatic rings. The van der Waals surface area contributed by atoms with E-state index in [0.717, 1.165) is 24.7 Å². The highest BCUT2D eigenvalue weighted by molar-refractivity contribution is 5.89. The number of carbonyl (C=O) groups is 1. The maximum atomic E-state index is 12.7. The van der Waals surface area contributed by atoms with Crippen LogP contribution in [0.4, 0.5) is 0 Å². The van der Waals surface area contributed by atoms with Crippen molar-refractivity contribution in [1.29, 1.82) is 0 Å². The molecule has 5 atom stereocenters. The van der Waals surface area contributed by atoms with Gasteiger partial charge in [0.25, 0.3) is 0 Å². The van der Waals surface area contributed by atoms with Gasteiger partial charge in [0.1, 0.15) is 5.78 Å². The molecule has 0 aliphatic heterocycles. The molecule has 110 valence electrons. The van der Waals surface area contributed by atoms with Crippen LogP contribution in [-0.2, 0) is 4.79 Å². The normalized spacial score (nSPS) is 51.0. The molecule has 3 fully saturated rings. The molecule has 20 heavy (non-hydrogen) atoms. The first-order chi connectivity index (χ1) is 9.56. The molecule has 0 saturated heterocycles. The summed E-state index contributed by atoms with van der Waals surface area (Å²) in [5.41, 5.74) is 2.04. The number of Topliss-reactive ketones (excluding diaryl/α,β-unsaturated/α-hetero) is 1. The van der Waals surface area contributed by atoms with Gasteiger partial charge in [-0.15, -0.1) is 0 Å². The summed E-state index contributed by atoms with van der Waals surface area (Å²) in [5, 5.41) is 0. The number of hydrogen-bond donors (Lipinski definition) is 0. The first kappa shape index (κ1) is 13.1. The SMILES string of the molecule is C[C@@]12CCC[C@H]1[C@@H]1CCC3=CCCC(=O)[C@]3(C)[C@@H]1CC2. The Morgan fingerprint density at radius 1 is 1.05 bits per heavy atom. The third-order valence-electron chi connectivity index (χ3n) is 7.72. The van der Waals surface area contributed by atoms with E-state index < -0.39 is 0 Å². The second kappa shape index (κ2) is 4.21. The minimum Gasteiger partial charge on any atom is -0.299 e. The second-order valence-electron chi connectivity index (χ2n) is 8.39. The standard InChI is InChI=1S/C19H28O/c1-18-11-4-6-15(18)14-9-8-13-5-3-7-17(20)19(13,2)16(14)10-12-18/h5,14-16H,3-4,6-12H2,1-2H3/t14-,15-,16+,18-,19-/m0/s1. The number of ketones is 1. The lowest BCUT2D eigenvalue weighted by atomic mass is 9.47. The average molecular weight is 272 g/mol. The number of hydrogen-bond acceptors (Lipinski definition) is 1. The Hall–Kier alpha value is -0.590. The maximum absolute atomic E-state index is 12.7. The second-order valence-corrected chi connectivity index (χ2v) is 8.39. The summed E-state index contributed by atoms with van der Waals surface area (Å²) in [6.07, 6.45) is 13.8. The van der Waals surface area contributed by atoms with Crippen LogP contribution in [0.25, 0.3) is 0 Å². The molecule has 0 unspecified atom stereocenters. The van der Waals surface area contributed by atoms with Crippen molar-refractivity contribution in [1.82, 2.24) is 0 Å². The predicted octanol–water partition coefficient (Wildman–Crippen LogP) is 4.91. The largest absolute Gasteiger partial charge is 0.299 e. The molecule has 0 N–H and O–H groups in total. The summed E-state index contributed by atoms with van der Waals surface area (Å²) in [5.74, 6) is 2.97. The van der Waals surface area contributed by atoms with Crippen LogP contribution < -0.4 is 0 Å². The van der Waals surface area contributed by atoms with Crippen molar-refractivity contribution in [2.45, 2.75) is 71.6 Å². The van der Waals surface area contributed by atoms with Gasteiger partial charge in [-0.05, 0) is 75.0 Å². The molecule has 0 heterocycles. The van der Waals surface area contributed by atoms with E-state index >= 15 is 0 Å². The van der Waals surface area contributed by atoms with E-state index in [0.29, 0.717) is 17.1 Å². The minimum absolute atomic E-state index is 0.0783. The number of allylic oxidation sites excluding steroid dienone is 2. The van der Waals surface area contributed by atoms with Gasteiger partial charge in [0.05, 0.1) is 5.41 Å². The van der Waals surface area contributed by atoms with E-state index in [1.165, 1.54) is 50.5 Å². The highest BCUT2D eigenvalue weighted by Gasteiger charge is 2.58. The van der Waals surface area contributed by atoms with Gasteiger partial charge in [-0.1, -0.05) is 25.0 Å². The maximum Gasteiger partial charge on any atom is 0.143 e. The molecule has 0 radical (unpaired) electrons. The van der Waals surface area contributed by atoms with Gasteiger partial charge < -0.3 is 0 Å². The number of rotatable bonds is 0. The molecule has 0 spiro atoms. The Labute approximate surface area is 123 Å². The number of fused-ring (bicyclic) bond motifs is 5. The van der Waals surface area contributed by atoms with Crippen molar-refractivity contribution in [3.63, 3.8) is 0 Å². The monoisotopic (exact) mass is 272 g/mol. The van der Waals surface area contributed by atoms with Gasteiger partial charge in [0.15, 0.2) is 0 Å². The Balaban J connectivity index is 1.73. The van der Waals surface area contributed by atoms with Gasteiger partial charge in [-0.25, -0.2) is 0 Å². The van der Waals surface area contributed by atoms with Crippen LogP contribution >= 0.6 is 0 Å². The fourth-order valence-corrected chi connectivity index (χ4v) is 6.56. The van der Waals surface area contributed by atoms with Crippen molar-refractivity contribution in [2.75, 3.05) is 0 Å². The van der Waals surface area contributed by atoms with Gasteiger partial charge in [0, 0.05) is 6.42 Å². The lowest BCUT2D eigenvalue weighted by Crippen LogP contribution is -2.52. The molecule has 0 aromatic heterocycles. The van der Waals surface area contributed by atoms with Gasteiger partial charge >= 0.3 is 0 Å². The zero-order valence-electron chi connectivity index (χ0n) is 13.1. The van der Waals surface area contributed by atoms with Crippen LogP contribution in [0.3, 0.4) is 0 Å². The van der Waals surface area contributed by atoms with E-state index in [1.807, 2.05) is 0 Å². The van der Waals surface area contributed by atoms with Gasteiger partial charge in [-0.2, -0.15) is 0 Å². The predicted molar refractivity (Wildman–Crippen MR) is 81.3 cm³/mol. The summed E-state index contributed by atoms with van der Waals surface area (Å²) >= 11 is 0. The molecule has 0 amide bonds. The molecule has 1 heteroatoms. The summed E-state index contributed by atoms with van der Waals surface area (Å²) < 4.78 is 0. The number of carbonyl (C=O) groups excluding carboxylic acids is 1. The Bertz CT molecular complexity index is 476. The molecule has 4 aliphatic rings. The highest BCUT2D eigenvalue weighted by Crippen LogP contribution is 2.64. The zero-order valence-corrected chi connectivity index (χ0v) is 13.1. The molecule has 1 nitrogen and oxygen atoms in total. The first-order valence-electron chi connectivity index (χ1n) is 8.78. The van der Waals surface area contributed by atoms with Crippen molar-refractivity contribution in [3.8, 4) is 0 Å². The van der Waals surface area contributed by atoms with Crippen LogP contribution in [0.5, 0.6) is 0 Å². The Morgan fingerprint density at radius 2 is 1.90 bits per heavy atom.